The number of carbonyl (C=O) groups is 3. The number of hydrogen-bond donors (Lipinski definition) is 1. The topological polar surface area (TPSA) is 118 Å². The minimum atomic E-state index is -0.574. The fourth-order valence-electron chi connectivity index (χ4n) is 3.17. The van der Waals surface area contributed by atoms with Crippen LogP contribution in [-0.2, 0) is 4.74 Å². The molecule has 1 aliphatic rings. The zero-order chi connectivity index (χ0) is 21.1. The predicted octanol–water partition coefficient (Wildman–Crippen LogP) is 1.70. The van der Waals surface area contributed by atoms with Crippen molar-refractivity contribution < 1.29 is 23.9 Å². The first-order chi connectivity index (χ1) is 14.5. The summed E-state index contributed by atoms with van der Waals surface area (Å²) in [5.41, 5.74) is 1.71. The highest BCUT2D eigenvalue weighted by Crippen LogP contribution is 2.16. The molecule has 0 atom stereocenters. The number of hydrogen-bond acceptors (Lipinski definition) is 7. The van der Waals surface area contributed by atoms with Crippen LogP contribution in [0.1, 0.15) is 21.0 Å². The highest BCUT2D eigenvalue weighted by atomic mass is 16.6. The Hall–Kier alpha value is -3.95. The van der Waals surface area contributed by atoms with Crippen LogP contribution in [0.15, 0.2) is 42.7 Å². The standard InChI is InChI=1S/C20H19N5O5/c1-29-19(27)13-10-14(12-21-11-13)30-20(28)25-8-6-24(7-9-25)18(26)17-22-15-4-2-3-5-16(15)23-17/h2-5,10-12H,6-9H2,1H3,(H,22,23). The average molecular weight is 409 g/mol. The molecule has 0 spiro atoms. The van der Waals surface area contributed by atoms with Gasteiger partial charge in [-0.15, -0.1) is 0 Å². The number of ether oxygens (including phenoxy) is 2. The van der Waals surface area contributed by atoms with E-state index in [2.05, 4.69) is 19.7 Å². The van der Waals surface area contributed by atoms with Gasteiger partial charge in [0.2, 0.25) is 0 Å². The second-order valence-corrected chi connectivity index (χ2v) is 6.65. The van der Waals surface area contributed by atoms with E-state index in [0.717, 1.165) is 11.0 Å². The van der Waals surface area contributed by atoms with Gasteiger partial charge < -0.3 is 24.3 Å². The Balaban J connectivity index is 1.35. The number of para-hydroxylation sites is 2. The number of methoxy groups -OCH3 is 1. The van der Waals surface area contributed by atoms with E-state index in [9.17, 15) is 14.4 Å². The third kappa shape index (κ3) is 3.93. The summed E-state index contributed by atoms with van der Waals surface area (Å²) in [6.45, 7) is 1.33. The number of carbonyl (C=O) groups excluding carboxylic acids is 3. The van der Waals surface area contributed by atoms with E-state index in [1.807, 2.05) is 24.3 Å². The van der Waals surface area contributed by atoms with Crippen molar-refractivity contribution in [1.29, 1.82) is 0 Å². The average Bonchev–Trinajstić information content (AvgIpc) is 3.22. The van der Waals surface area contributed by atoms with Crippen molar-refractivity contribution in [3.8, 4) is 5.75 Å². The minimum Gasteiger partial charge on any atom is -0.465 e. The molecule has 1 aromatic carbocycles. The normalized spacial score (nSPS) is 13.9. The van der Waals surface area contributed by atoms with Crippen LogP contribution in [0.25, 0.3) is 11.0 Å². The van der Waals surface area contributed by atoms with Gasteiger partial charge in [0.1, 0.15) is 0 Å². The summed E-state index contributed by atoms with van der Waals surface area (Å²) in [6.07, 6.45) is 2.09. The quantitative estimate of drug-likeness (QED) is 0.654. The summed E-state index contributed by atoms with van der Waals surface area (Å²) >= 11 is 0. The van der Waals surface area contributed by atoms with Crippen molar-refractivity contribution in [3.05, 3.63) is 54.1 Å². The van der Waals surface area contributed by atoms with Gasteiger partial charge in [-0.25, -0.2) is 14.6 Å². The molecule has 1 N–H and O–H groups in total. The highest BCUT2D eigenvalue weighted by Gasteiger charge is 2.27. The molecule has 30 heavy (non-hydrogen) atoms. The summed E-state index contributed by atoms with van der Waals surface area (Å²) < 4.78 is 9.93. The molecule has 0 radical (unpaired) electrons. The molecule has 0 unspecified atom stereocenters. The number of pyridine rings is 1. The third-order valence-corrected chi connectivity index (χ3v) is 4.76. The number of nitrogens with one attached hydrogen (secondary N) is 1. The molecular formula is C20H19N5O5. The lowest BCUT2D eigenvalue weighted by molar-refractivity contribution is 0.0599. The van der Waals surface area contributed by atoms with Gasteiger partial charge >= 0.3 is 12.1 Å². The fraction of sp³-hybridized carbons (Fsp3) is 0.250. The SMILES string of the molecule is COC(=O)c1cncc(OC(=O)N2CCN(C(=O)c3nc4ccccc4[nH]3)CC2)c1. The second kappa shape index (κ2) is 8.19. The maximum absolute atomic E-state index is 12.7. The van der Waals surface area contributed by atoms with Crippen LogP contribution >= 0.6 is 0 Å². The lowest BCUT2D eigenvalue weighted by Crippen LogP contribution is -2.51. The van der Waals surface area contributed by atoms with Gasteiger partial charge in [-0.05, 0) is 18.2 Å². The number of nitrogens with zero attached hydrogens (tertiary/aromatic N) is 4. The van der Waals surface area contributed by atoms with Gasteiger partial charge in [0, 0.05) is 32.4 Å². The maximum Gasteiger partial charge on any atom is 0.415 e. The lowest BCUT2D eigenvalue weighted by Gasteiger charge is -2.33. The third-order valence-electron chi connectivity index (χ3n) is 4.76. The van der Waals surface area contributed by atoms with Crippen LogP contribution in [0.4, 0.5) is 4.79 Å². The van der Waals surface area contributed by atoms with Crippen LogP contribution in [0.2, 0.25) is 0 Å². The first-order valence-corrected chi connectivity index (χ1v) is 9.29. The number of aromatic amines is 1. The van der Waals surface area contributed by atoms with Gasteiger partial charge in [0.25, 0.3) is 5.91 Å². The van der Waals surface area contributed by atoms with Crippen LogP contribution in [-0.4, -0.2) is 76.0 Å². The molecule has 154 valence electrons. The molecule has 3 aromatic rings. The maximum atomic E-state index is 12.7. The van der Waals surface area contributed by atoms with Crippen molar-refractivity contribution in [2.24, 2.45) is 0 Å². The van der Waals surface area contributed by atoms with Crippen molar-refractivity contribution in [3.63, 3.8) is 0 Å². The van der Waals surface area contributed by atoms with Gasteiger partial charge in [-0.3, -0.25) is 9.78 Å². The van der Waals surface area contributed by atoms with Gasteiger partial charge in [-0.2, -0.15) is 0 Å². The number of rotatable bonds is 3. The zero-order valence-electron chi connectivity index (χ0n) is 16.2. The van der Waals surface area contributed by atoms with Crippen molar-refractivity contribution in [2.45, 2.75) is 0 Å². The molecule has 0 saturated carbocycles. The molecule has 2 amide bonds. The molecule has 10 nitrogen and oxygen atoms in total. The molecular weight excluding hydrogens is 390 g/mol. The first-order valence-electron chi connectivity index (χ1n) is 9.29. The van der Waals surface area contributed by atoms with E-state index < -0.39 is 12.1 Å². The van der Waals surface area contributed by atoms with Gasteiger partial charge in [0.15, 0.2) is 11.6 Å². The molecule has 1 aliphatic heterocycles. The van der Waals surface area contributed by atoms with Crippen LogP contribution in [0.5, 0.6) is 5.75 Å². The smallest absolute Gasteiger partial charge is 0.415 e. The number of esters is 1. The molecule has 4 rings (SSSR count). The number of piperazine rings is 1. The van der Waals surface area contributed by atoms with E-state index in [-0.39, 0.29) is 23.0 Å². The Kier molecular flexibility index (Phi) is 5.29. The van der Waals surface area contributed by atoms with Crippen LogP contribution < -0.4 is 4.74 Å². The fourth-order valence-corrected chi connectivity index (χ4v) is 3.17. The largest absolute Gasteiger partial charge is 0.465 e. The molecule has 10 heteroatoms. The number of aromatic nitrogens is 3. The highest BCUT2D eigenvalue weighted by molar-refractivity contribution is 5.94. The Labute approximate surface area is 171 Å². The predicted molar refractivity (Wildman–Crippen MR) is 105 cm³/mol. The van der Waals surface area contributed by atoms with Crippen molar-refractivity contribution in [2.75, 3.05) is 33.3 Å². The molecule has 0 bridgehead atoms. The summed E-state index contributed by atoms with van der Waals surface area (Å²) in [7, 11) is 1.26. The second-order valence-electron chi connectivity index (χ2n) is 6.65. The van der Waals surface area contributed by atoms with E-state index in [1.165, 1.54) is 30.5 Å². The van der Waals surface area contributed by atoms with E-state index in [4.69, 9.17) is 4.74 Å². The first kappa shape index (κ1) is 19.4. The van der Waals surface area contributed by atoms with Gasteiger partial charge in [0.05, 0.1) is 29.9 Å². The summed E-state index contributed by atoms with van der Waals surface area (Å²) in [5, 5.41) is 0. The van der Waals surface area contributed by atoms with Crippen LogP contribution in [0, 0.1) is 0 Å². The Bertz CT molecular complexity index is 1070. The summed E-state index contributed by atoms with van der Waals surface area (Å²) in [5.74, 6) is -0.367. The molecule has 0 aliphatic carbocycles. The van der Waals surface area contributed by atoms with E-state index in [0.29, 0.717) is 26.2 Å². The lowest BCUT2D eigenvalue weighted by atomic mass is 10.3. The number of imidazole rings is 1. The number of benzene rings is 1. The molecule has 3 heterocycles. The molecule has 2 aromatic heterocycles. The number of amides is 2. The summed E-state index contributed by atoms with van der Waals surface area (Å²) in [6, 6.07) is 8.81. The zero-order valence-corrected chi connectivity index (χ0v) is 16.2. The summed E-state index contributed by atoms with van der Waals surface area (Å²) in [4.78, 5) is 51.1. The molecule has 1 fully saturated rings. The van der Waals surface area contributed by atoms with Crippen molar-refractivity contribution >= 4 is 29.0 Å². The minimum absolute atomic E-state index is 0.142. The Morgan fingerprint density at radius 1 is 1.03 bits per heavy atom. The van der Waals surface area contributed by atoms with E-state index >= 15 is 0 Å². The monoisotopic (exact) mass is 409 g/mol. The van der Waals surface area contributed by atoms with Gasteiger partial charge in [-0.1, -0.05) is 12.1 Å². The molecule has 1 saturated heterocycles. The Morgan fingerprint density at radius 3 is 2.50 bits per heavy atom. The van der Waals surface area contributed by atoms with Crippen LogP contribution in [0.3, 0.4) is 0 Å². The van der Waals surface area contributed by atoms with E-state index in [1.54, 1.807) is 4.90 Å². The van der Waals surface area contributed by atoms with Crippen molar-refractivity contribution in [1.82, 2.24) is 24.8 Å². The number of fused-ring (bicyclic) bond motifs is 1. The Morgan fingerprint density at radius 2 is 1.77 bits per heavy atom. The number of H-pyrrole nitrogens is 1.